The van der Waals surface area contributed by atoms with Crippen LogP contribution < -0.4 is 25.6 Å². The van der Waals surface area contributed by atoms with Gasteiger partial charge in [-0.2, -0.15) is 13.2 Å². The largest absolute Gasteiger partial charge is 0.542 e. The number of carbonyl (C=O) groups is 4. The molecule has 2 heterocycles. The van der Waals surface area contributed by atoms with E-state index >= 15 is 0 Å². The van der Waals surface area contributed by atoms with Gasteiger partial charge in [0.25, 0.3) is 0 Å². The Hall–Kier alpha value is -5.15. The second-order valence-electron chi connectivity index (χ2n) is 12.5. The van der Waals surface area contributed by atoms with Crippen molar-refractivity contribution in [3.05, 3.63) is 83.4 Å². The van der Waals surface area contributed by atoms with E-state index in [-0.39, 0.29) is 30.8 Å². The van der Waals surface area contributed by atoms with Crippen LogP contribution in [-0.4, -0.2) is 83.4 Å². The van der Waals surface area contributed by atoms with Crippen molar-refractivity contribution in [1.82, 2.24) is 4.90 Å². The molecule has 0 radical (unpaired) electrons. The Kier molecular flexibility index (Phi) is 12.1. The summed E-state index contributed by atoms with van der Waals surface area (Å²) in [5, 5.41) is 21.3. The number of ketones is 1. The lowest BCUT2D eigenvalue weighted by Gasteiger charge is -2.33. The Morgan fingerprint density at radius 2 is 1.64 bits per heavy atom. The zero-order valence-electron chi connectivity index (χ0n) is 27.6. The van der Waals surface area contributed by atoms with Crippen molar-refractivity contribution in [2.24, 2.45) is 5.73 Å². The number of aliphatic carboxylic acids is 1. The third-order valence-electron chi connectivity index (χ3n) is 8.35. The number of phenolic OH excluding ortho intramolecular Hbond substituents is 1. The minimum atomic E-state index is -5.19. The molecule has 4 N–H and O–H groups in total. The summed E-state index contributed by atoms with van der Waals surface area (Å²) >= 11 is 0. The number of hydrogen-bond donors (Lipinski definition) is 3. The minimum Gasteiger partial charge on any atom is -0.542 e. The highest BCUT2D eigenvalue weighted by atomic mass is 19.4. The standard InChI is InChI=1S/C33H38N4O6.C2HF3O2/c1-3-4-29(39)24-8-10-25(11-9-24)35-33(41)36(32(40)28(34)17-22-5-12-27(38)13-6-22)26-15-16-37(2,20-26)19-23-7-14-30-31(18-23)43-21-42-30;3-2(4,5)1(6)7/h5-14,18,26,28H,3-4,15-17,19-21,34H2,1-2H3,(H-,35,38,39,41);(H,6,7)/t26-,28-,37?;/m0./s1. The maximum Gasteiger partial charge on any atom is 0.430 e. The van der Waals surface area contributed by atoms with Crippen molar-refractivity contribution in [1.29, 1.82) is 0 Å². The van der Waals surface area contributed by atoms with Crippen LogP contribution in [0.1, 0.15) is 47.7 Å². The van der Waals surface area contributed by atoms with E-state index < -0.39 is 30.1 Å². The molecule has 0 bridgehead atoms. The average molecular weight is 701 g/mol. The Morgan fingerprint density at radius 1 is 1.02 bits per heavy atom. The fraction of sp³-hybridized carbons (Fsp3) is 0.371. The number of nitrogens with two attached hydrogens (primary N) is 1. The van der Waals surface area contributed by atoms with E-state index in [1.807, 2.05) is 25.1 Å². The first-order chi connectivity index (χ1) is 23.6. The molecule has 3 aromatic rings. The first kappa shape index (κ1) is 37.7. The van der Waals surface area contributed by atoms with Gasteiger partial charge in [-0.05, 0) is 73.0 Å². The quantitative estimate of drug-likeness (QED) is 0.211. The number of carbonyl (C=O) groups excluding carboxylic acids is 4. The molecule has 1 saturated heterocycles. The van der Waals surface area contributed by atoms with Gasteiger partial charge in [-0.1, -0.05) is 19.1 Å². The van der Waals surface area contributed by atoms with Crippen LogP contribution in [0.3, 0.4) is 0 Å². The molecule has 3 aromatic carbocycles. The van der Waals surface area contributed by atoms with Gasteiger partial charge < -0.3 is 40.0 Å². The fourth-order valence-electron chi connectivity index (χ4n) is 5.88. The maximum absolute atomic E-state index is 13.9. The van der Waals surface area contributed by atoms with Crippen LogP contribution >= 0.6 is 0 Å². The Balaban J connectivity index is 0.000000727. The zero-order chi connectivity index (χ0) is 36.6. The SMILES string of the molecule is CCCC(=O)c1ccc(NC(=O)N(C(=O)[C@@H](N)Cc2ccc(O)cc2)[C@H]2CC[N+](C)(Cc3ccc4c(c3)OCO4)C2)cc1.O=C([O-])C(F)(F)F. The number of benzene rings is 3. The van der Waals surface area contributed by atoms with Crippen LogP contribution in [0.4, 0.5) is 23.7 Å². The number of phenols is 1. The van der Waals surface area contributed by atoms with E-state index in [0.717, 1.165) is 35.6 Å². The molecule has 1 unspecified atom stereocenters. The lowest BCUT2D eigenvalue weighted by Crippen LogP contribution is -2.55. The van der Waals surface area contributed by atoms with Crippen LogP contribution in [0.5, 0.6) is 17.2 Å². The number of carboxylic acid groups (broad SMARTS) is 1. The van der Waals surface area contributed by atoms with Crippen molar-refractivity contribution in [3.63, 3.8) is 0 Å². The molecule has 0 spiro atoms. The predicted molar refractivity (Wildman–Crippen MR) is 173 cm³/mol. The lowest BCUT2D eigenvalue weighted by molar-refractivity contribution is -0.911. The van der Waals surface area contributed by atoms with Gasteiger partial charge >= 0.3 is 12.2 Å². The molecule has 0 aromatic heterocycles. The molecule has 0 saturated carbocycles. The number of amides is 3. The van der Waals surface area contributed by atoms with E-state index in [9.17, 15) is 32.7 Å². The van der Waals surface area contributed by atoms with Crippen LogP contribution in [0.25, 0.3) is 0 Å². The fourth-order valence-corrected chi connectivity index (χ4v) is 5.88. The topological polar surface area (TPSA) is 171 Å². The van der Waals surface area contributed by atoms with Gasteiger partial charge in [0.15, 0.2) is 17.3 Å². The van der Waals surface area contributed by atoms with Crippen molar-refractivity contribution >= 4 is 29.4 Å². The monoisotopic (exact) mass is 700 g/mol. The lowest BCUT2D eigenvalue weighted by atomic mass is 10.0. The van der Waals surface area contributed by atoms with Crippen molar-refractivity contribution in [3.8, 4) is 17.2 Å². The molecule has 1 fully saturated rings. The summed E-state index contributed by atoms with van der Waals surface area (Å²) in [6.07, 6.45) is -3.14. The first-order valence-electron chi connectivity index (χ1n) is 15.9. The van der Waals surface area contributed by atoms with E-state index in [1.165, 1.54) is 4.90 Å². The molecule has 12 nitrogen and oxygen atoms in total. The smallest absolute Gasteiger partial charge is 0.430 e. The summed E-state index contributed by atoms with van der Waals surface area (Å²) in [4.78, 5) is 49.9. The molecule has 2 aliphatic heterocycles. The first-order valence-corrected chi connectivity index (χ1v) is 15.9. The number of aromatic hydroxyl groups is 1. The number of imide groups is 1. The number of nitrogens with zero attached hydrogens (tertiary/aromatic N) is 2. The summed E-state index contributed by atoms with van der Waals surface area (Å²) in [5.41, 5.74) is 9.33. The molecule has 0 aliphatic carbocycles. The number of halogens is 3. The van der Waals surface area contributed by atoms with E-state index in [4.69, 9.17) is 25.1 Å². The second kappa shape index (κ2) is 16.0. The molecule has 15 heteroatoms. The number of alkyl halides is 3. The average Bonchev–Trinajstić information content (AvgIpc) is 3.68. The van der Waals surface area contributed by atoms with Crippen LogP contribution in [0, 0.1) is 0 Å². The Morgan fingerprint density at radius 3 is 2.26 bits per heavy atom. The molecule has 268 valence electrons. The highest BCUT2D eigenvalue weighted by Gasteiger charge is 2.43. The van der Waals surface area contributed by atoms with Gasteiger partial charge in [-0.25, -0.2) is 4.79 Å². The van der Waals surface area contributed by atoms with Crippen molar-refractivity contribution in [2.45, 2.75) is 57.4 Å². The molecular formula is C35H39F3N4O8. The number of anilines is 1. The maximum atomic E-state index is 13.9. The van der Waals surface area contributed by atoms with Crippen LogP contribution in [-0.2, 0) is 22.6 Å². The number of carboxylic acids is 1. The molecule has 50 heavy (non-hydrogen) atoms. The number of Topliss-reactive ketones (excluding diaryl/α,β-unsaturated/α-hetero) is 1. The summed E-state index contributed by atoms with van der Waals surface area (Å²) in [6.45, 7) is 4.18. The van der Waals surface area contributed by atoms with E-state index in [0.29, 0.717) is 41.7 Å². The predicted octanol–water partition coefficient (Wildman–Crippen LogP) is 3.75. The number of quaternary nitrogens is 1. The Labute approximate surface area is 286 Å². The molecule has 5 rings (SSSR count). The van der Waals surface area contributed by atoms with Crippen LogP contribution in [0.15, 0.2) is 66.7 Å². The highest BCUT2D eigenvalue weighted by Crippen LogP contribution is 2.34. The van der Waals surface area contributed by atoms with Gasteiger partial charge in [0.2, 0.25) is 12.7 Å². The third-order valence-corrected chi connectivity index (χ3v) is 8.35. The van der Waals surface area contributed by atoms with Gasteiger partial charge in [-0.3, -0.25) is 14.5 Å². The zero-order valence-corrected chi connectivity index (χ0v) is 27.6. The highest BCUT2D eigenvalue weighted by molar-refractivity contribution is 6.03. The number of nitrogens with one attached hydrogen (secondary N) is 1. The number of hydrogen-bond acceptors (Lipinski definition) is 9. The number of rotatable bonds is 10. The molecule has 2 aliphatic rings. The Bertz CT molecular complexity index is 1680. The van der Waals surface area contributed by atoms with E-state index in [2.05, 4.69) is 12.4 Å². The summed E-state index contributed by atoms with van der Waals surface area (Å²) in [5.74, 6) is -1.86. The van der Waals surface area contributed by atoms with Crippen LogP contribution in [0.2, 0.25) is 0 Å². The van der Waals surface area contributed by atoms with Crippen molar-refractivity contribution < 1.29 is 56.5 Å². The number of urea groups is 1. The summed E-state index contributed by atoms with van der Waals surface area (Å²) < 4.78 is 43.2. The summed E-state index contributed by atoms with van der Waals surface area (Å²) in [7, 11) is 2.12. The van der Waals surface area contributed by atoms with Gasteiger partial charge in [0.05, 0.1) is 25.7 Å². The normalized spacial score (nSPS) is 18.4. The van der Waals surface area contributed by atoms with Gasteiger partial charge in [0.1, 0.15) is 24.8 Å². The number of likely N-dealkylation sites (tertiary alicyclic amines) is 1. The third kappa shape index (κ3) is 9.95. The van der Waals surface area contributed by atoms with E-state index in [1.54, 1.807) is 48.5 Å². The number of ether oxygens (including phenoxy) is 2. The second-order valence-corrected chi connectivity index (χ2v) is 12.5. The molecule has 3 atom stereocenters. The number of likely N-dealkylation sites (N-methyl/N-ethyl adjacent to an activating group) is 1. The van der Waals surface area contributed by atoms with Crippen molar-refractivity contribution in [2.75, 3.05) is 32.2 Å². The molecular weight excluding hydrogens is 661 g/mol. The van der Waals surface area contributed by atoms with Gasteiger partial charge in [0, 0.05) is 29.7 Å². The number of fused-ring (bicyclic) bond motifs is 1. The summed E-state index contributed by atoms with van der Waals surface area (Å²) in [6, 6.07) is 17.2. The molecule has 3 amide bonds. The minimum absolute atomic E-state index is 0.0443. The van der Waals surface area contributed by atoms with Gasteiger partial charge in [-0.15, -0.1) is 0 Å².